The van der Waals surface area contributed by atoms with Gasteiger partial charge >= 0.3 is 5.97 Å². The predicted octanol–water partition coefficient (Wildman–Crippen LogP) is 3.92. The average Bonchev–Trinajstić information content (AvgIpc) is 2.48. The molecule has 2 rings (SSSR count). The summed E-state index contributed by atoms with van der Waals surface area (Å²) >= 11 is 0. The van der Waals surface area contributed by atoms with Crippen LogP contribution in [0.15, 0.2) is 48.5 Å². The van der Waals surface area contributed by atoms with E-state index in [-0.39, 0.29) is 5.97 Å². The molecule has 3 heteroatoms. The van der Waals surface area contributed by atoms with Gasteiger partial charge in [0, 0.05) is 18.7 Å². The summed E-state index contributed by atoms with van der Waals surface area (Å²) in [6, 6.07) is 15.7. The summed E-state index contributed by atoms with van der Waals surface area (Å²) in [5.41, 5.74) is 3.55. The fourth-order valence-electron chi connectivity index (χ4n) is 1.85. The molecule has 0 saturated heterocycles. The van der Waals surface area contributed by atoms with Gasteiger partial charge < -0.3 is 10.1 Å². The third-order valence-electron chi connectivity index (χ3n) is 3.12. The molecule has 0 saturated carbocycles. The zero-order valence-electron chi connectivity index (χ0n) is 11.8. The van der Waals surface area contributed by atoms with Crippen LogP contribution in [0.1, 0.15) is 24.5 Å². The predicted molar refractivity (Wildman–Crippen MR) is 80.9 cm³/mol. The summed E-state index contributed by atoms with van der Waals surface area (Å²) in [7, 11) is 0. The highest BCUT2D eigenvalue weighted by molar-refractivity contribution is 5.72. The number of ether oxygens (including phenoxy) is 1. The molecule has 2 aromatic carbocycles. The topological polar surface area (TPSA) is 38.3 Å². The van der Waals surface area contributed by atoms with E-state index in [1.54, 1.807) is 19.1 Å². The van der Waals surface area contributed by atoms with Crippen LogP contribution >= 0.6 is 0 Å². The maximum atomic E-state index is 11.2. The minimum absolute atomic E-state index is 0.217. The van der Waals surface area contributed by atoms with Gasteiger partial charge in [-0.3, -0.25) is 4.79 Å². The molecule has 3 nitrogen and oxygen atoms in total. The van der Waals surface area contributed by atoms with Gasteiger partial charge in [0.1, 0.15) is 5.75 Å². The summed E-state index contributed by atoms with van der Waals surface area (Å²) in [5.74, 6) is 0.365. The Kier molecular flexibility index (Phi) is 4.77. The lowest BCUT2D eigenvalue weighted by molar-refractivity contribution is -0.134. The molecule has 0 aliphatic heterocycles. The first kappa shape index (κ1) is 14.1. The van der Waals surface area contributed by atoms with Crippen molar-refractivity contribution in [2.24, 2.45) is 0 Å². The smallest absolute Gasteiger partial charge is 0.310 e. The van der Waals surface area contributed by atoms with Gasteiger partial charge in [0.15, 0.2) is 0 Å². The Morgan fingerprint density at radius 2 is 1.80 bits per heavy atom. The van der Waals surface area contributed by atoms with Gasteiger partial charge in [-0.25, -0.2) is 0 Å². The SMILES string of the molecule is CCC(=O)Oc1ccc(NCc2ccccc2C)cc1. The Morgan fingerprint density at radius 3 is 2.45 bits per heavy atom. The number of nitrogens with one attached hydrogen (secondary N) is 1. The molecule has 0 aliphatic rings. The van der Waals surface area contributed by atoms with E-state index in [4.69, 9.17) is 4.74 Å². The van der Waals surface area contributed by atoms with Crippen LogP contribution in [0.25, 0.3) is 0 Å². The van der Waals surface area contributed by atoms with Crippen LogP contribution in [0.5, 0.6) is 5.75 Å². The second-order valence-corrected chi connectivity index (χ2v) is 4.63. The highest BCUT2D eigenvalue weighted by atomic mass is 16.5. The van der Waals surface area contributed by atoms with Crippen LogP contribution in [0.4, 0.5) is 5.69 Å². The van der Waals surface area contributed by atoms with Gasteiger partial charge in [0.05, 0.1) is 0 Å². The van der Waals surface area contributed by atoms with Crippen molar-refractivity contribution in [3.63, 3.8) is 0 Å². The second-order valence-electron chi connectivity index (χ2n) is 4.63. The molecule has 0 spiro atoms. The second kappa shape index (κ2) is 6.75. The number of hydrogen-bond acceptors (Lipinski definition) is 3. The van der Waals surface area contributed by atoms with E-state index in [0.717, 1.165) is 12.2 Å². The monoisotopic (exact) mass is 269 g/mol. The van der Waals surface area contributed by atoms with Crippen LogP contribution < -0.4 is 10.1 Å². The lowest BCUT2D eigenvalue weighted by Crippen LogP contribution is -2.05. The van der Waals surface area contributed by atoms with E-state index >= 15 is 0 Å². The highest BCUT2D eigenvalue weighted by Crippen LogP contribution is 2.17. The van der Waals surface area contributed by atoms with Crippen molar-refractivity contribution >= 4 is 11.7 Å². The minimum atomic E-state index is -0.217. The van der Waals surface area contributed by atoms with Crippen LogP contribution in [0, 0.1) is 6.92 Å². The van der Waals surface area contributed by atoms with Gasteiger partial charge in [0.25, 0.3) is 0 Å². The van der Waals surface area contributed by atoms with Gasteiger partial charge in [-0.15, -0.1) is 0 Å². The van der Waals surface area contributed by atoms with Crippen LogP contribution in [-0.4, -0.2) is 5.97 Å². The third-order valence-corrected chi connectivity index (χ3v) is 3.12. The minimum Gasteiger partial charge on any atom is -0.427 e. The van der Waals surface area contributed by atoms with E-state index < -0.39 is 0 Å². The summed E-state index contributed by atoms with van der Waals surface area (Å²) in [4.78, 5) is 11.2. The van der Waals surface area contributed by atoms with Crippen LogP contribution in [0.3, 0.4) is 0 Å². The molecule has 20 heavy (non-hydrogen) atoms. The van der Waals surface area contributed by atoms with Gasteiger partial charge in [-0.05, 0) is 42.3 Å². The van der Waals surface area contributed by atoms with Crippen LogP contribution in [-0.2, 0) is 11.3 Å². The Labute approximate surface area is 119 Å². The van der Waals surface area contributed by atoms with Crippen molar-refractivity contribution in [3.8, 4) is 5.75 Å². The molecule has 0 fully saturated rings. The fraction of sp³-hybridized carbons (Fsp3) is 0.235. The Hall–Kier alpha value is -2.29. The molecular formula is C17H19NO2. The van der Waals surface area contributed by atoms with Gasteiger partial charge in [0.2, 0.25) is 0 Å². The maximum absolute atomic E-state index is 11.2. The number of anilines is 1. The quantitative estimate of drug-likeness (QED) is 0.660. The van der Waals surface area contributed by atoms with Gasteiger partial charge in [-0.2, -0.15) is 0 Å². The Balaban J connectivity index is 1.94. The zero-order chi connectivity index (χ0) is 14.4. The Bertz CT molecular complexity index is 576. The average molecular weight is 269 g/mol. The molecule has 0 aliphatic carbocycles. The Morgan fingerprint density at radius 1 is 1.10 bits per heavy atom. The lowest BCUT2D eigenvalue weighted by atomic mass is 10.1. The van der Waals surface area contributed by atoms with Crippen molar-refractivity contribution in [3.05, 3.63) is 59.7 Å². The molecule has 0 bridgehead atoms. The highest BCUT2D eigenvalue weighted by Gasteiger charge is 2.02. The largest absolute Gasteiger partial charge is 0.427 e. The standard InChI is InChI=1S/C17H19NO2/c1-3-17(19)20-16-10-8-15(9-11-16)18-12-14-7-5-4-6-13(14)2/h4-11,18H,3,12H2,1-2H3. The lowest BCUT2D eigenvalue weighted by Gasteiger charge is -2.09. The maximum Gasteiger partial charge on any atom is 0.310 e. The van der Waals surface area contributed by atoms with E-state index in [1.165, 1.54) is 11.1 Å². The molecule has 2 aromatic rings. The van der Waals surface area contributed by atoms with Crippen molar-refractivity contribution in [2.75, 3.05) is 5.32 Å². The number of esters is 1. The molecule has 104 valence electrons. The molecule has 0 unspecified atom stereocenters. The summed E-state index contributed by atoms with van der Waals surface area (Å²) < 4.78 is 5.13. The van der Waals surface area contributed by atoms with E-state index in [2.05, 4.69) is 24.4 Å². The van der Waals surface area contributed by atoms with Crippen molar-refractivity contribution < 1.29 is 9.53 Å². The fourth-order valence-corrected chi connectivity index (χ4v) is 1.85. The molecular weight excluding hydrogens is 250 g/mol. The normalized spacial score (nSPS) is 10.1. The molecule has 0 heterocycles. The zero-order valence-corrected chi connectivity index (χ0v) is 11.8. The van der Waals surface area contributed by atoms with Crippen LogP contribution in [0.2, 0.25) is 0 Å². The first-order chi connectivity index (χ1) is 9.69. The summed E-state index contributed by atoms with van der Waals surface area (Å²) in [5, 5.41) is 3.36. The van der Waals surface area contributed by atoms with Gasteiger partial charge in [-0.1, -0.05) is 31.2 Å². The molecule has 0 radical (unpaired) electrons. The number of carbonyl (C=O) groups is 1. The summed E-state index contributed by atoms with van der Waals surface area (Å²) in [6.45, 7) is 4.66. The number of carbonyl (C=O) groups excluding carboxylic acids is 1. The van der Waals surface area contributed by atoms with E-state index in [9.17, 15) is 4.79 Å². The molecule has 1 N–H and O–H groups in total. The van der Waals surface area contributed by atoms with E-state index in [0.29, 0.717) is 12.2 Å². The number of rotatable bonds is 5. The number of hydrogen-bond donors (Lipinski definition) is 1. The first-order valence-electron chi connectivity index (χ1n) is 6.78. The van der Waals surface area contributed by atoms with Crippen molar-refractivity contribution in [1.29, 1.82) is 0 Å². The molecule has 0 aromatic heterocycles. The number of benzene rings is 2. The molecule has 0 amide bonds. The first-order valence-corrected chi connectivity index (χ1v) is 6.78. The number of aryl methyl sites for hydroxylation is 1. The van der Waals surface area contributed by atoms with Crippen molar-refractivity contribution in [2.45, 2.75) is 26.8 Å². The van der Waals surface area contributed by atoms with Crippen molar-refractivity contribution in [1.82, 2.24) is 0 Å². The third kappa shape index (κ3) is 3.85. The van der Waals surface area contributed by atoms with E-state index in [1.807, 2.05) is 24.3 Å². The summed E-state index contributed by atoms with van der Waals surface area (Å²) in [6.07, 6.45) is 0.382. The molecule has 0 atom stereocenters.